The Bertz CT molecular complexity index is 1160. The van der Waals surface area contributed by atoms with E-state index < -0.39 is 20.9 Å². The molecule has 1 amide bonds. The second-order valence-electron chi connectivity index (χ2n) is 6.96. The second-order valence-corrected chi connectivity index (χ2v) is 8.75. The average Bonchev–Trinajstić information content (AvgIpc) is 2.79. The quantitative estimate of drug-likeness (QED) is 0.365. The number of nitrogens with zero attached hydrogens (tertiary/aromatic N) is 2. The third-order valence-corrected chi connectivity index (χ3v) is 6.51. The van der Waals surface area contributed by atoms with Gasteiger partial charge in [0.1, 0.15) is 0 Å². The number of unbranched alkanes of at least 4 members (excludes halogenated alkanes) is 1. The van der Waals surface area contributed by atoms with Crippen LogP contribution < -0.4 is 4.31 Å². The lowest BCUT2D eigenvalue weighted by Gasteiger charge is -2.23. The summed E-state index contributed by atoms with van der Waals surface area (Å²) in [7, 11) is -4.21. The normalized spacial score (nSPS) is 11.1. The summed E-state index contributed by atoms with van der Waals surface area (Å²) in [5.74, 6) is -0.792. The molecule has 0 saturated heterocycles. The van der Waals surface area contributed by atoms with Crippen LogP contribution in [0.3, 0.4) is 0 Å². The lowest BCUT2D eigenvalue weighted by molar-refractivity contribution is -0.384. The van der Waals surface area contributed by atoms with Crippen molar-refractivity contribution in [2.75, 3.05) is 4.31 Å². The van der Waals surface area contributed by atoms with E-state index in [0.29, 0.717) is 0 Å². The molecule has 0 radical (unpaired) electrons. The Hall–Kier alpha value is -3.52. The summed E-state index contributed by atoms with van der Waals surface area (Å²) in [5.41, 5.74) is 1.09. The number of amides is 1. The molecule has 0 atom stereocenters. The lowest BCUT2D eigenvalue weighted by atomic mass is 10.1. The van der Waals surface area contributed by atoms with Crippen LogP contribution in [-0.4, -0.2) is 19.2 Å². The Morgan fingerprint density at radius 3 is 2.10 bits per heavy atom. The van der Waals surface area contributed by atoms with E-state index in [2.05, 4.69) is 6.92 Å². The molecule has 3 aromatic rings. The molecule has 0 spiro atoms. The molecule has 0 aliphatic heterocycles. The van der Waals surface area contributed by atoms with E-state index >= 15 is 0 Å². The van der Waals surface area contributed by atoms with Gasteiger partial charge >= 0.3 is 0 Å². The molecular formula is C23H22N2O5S. The molecule has 0 aromatic heterocycles. The van der Waals surface area contributed by atoms with Gasteiger partial charge in [-0.05, 0) is 54.8 Å². The van der Waals surface area contributed by atoms with Gasteiger partial charge in [0.05, 0.1) is 15.5 Å². The van der Waals surface area contributed by atoms with E-state index in [4.69, 9.17) is 0 Å². The van der Waals surface area contributed by atoms with Gasteiger partial charge in [-0.15, -0.1) is 0 Å². The molecule has 0 N–H and O–H groups in total. The van der Waals surface area contributed by atoms with Gasteiger partial charge in [0.15, 0.2) is 0 Å². The van der Waals surface area contributed by atoms with Crippen molar-refractivity contribution in [1.82, 2.24) is 0 Å². The van der Waals surface area contributed by atoms with Gasteiger partial charge in [-0.3, -0.25) is 14.9 Å². The van der Waals surface area contributed by atoms with Crippen molar-refractivity contribution in [3.8, 4) is 0 Å². The number of carbonyl (C=O) groups excluding carboxylic acids is 1. The molecule has 0 aliphatic carbocycles. The molecule has 7 nitrogen and oxygen atoms in total. The summed E-state index contributed by atoms with van der Waals surface area (Å²) < 4.78 is 27.5. The summed E-state index contributed by atoms with van der Waals surface area (Å²) in [6.07, 6.45) is 2.90. The molecule has 160 valence electrons. The van der Waals surface area contributed by atoms with Crippen molar-refractivity contribution >= 4 is 27.3 Å². The van der Waals surface area contributed by atoms with Gasteiger partial charge in [0.2, 0.25) is 0 Å². The summed E-state index contributed by atoms with van der Waals surface area (Å²) in [6.45, 7) is 2.09. The number of hydrogen-bond donors (Lipinski definition) is 0. The van der Waals surface area contributed by atoms with Crippen LogP contribution in [0.4, 0.5) is 11.4 Å². The first-order valence-electron chi connectivity index (χ1n) is 9.82. The first kappa shape index (κ1) is 22.2. The van der Waals surface area contributed by atoms with Gasteiger partial charge in [0, 0.05) is 17.7 Å². The maximum atomic E-state index is 13.4. The van der Waals surface area contributed by atoms with E-state index in [0.717, 1.165) is 29.1 Å². The van der Waals surface area contributed by atoms with Crippen LogP contribution in [0.5, 0.6) is 0 Å². The van der Waals surface area contributed by atoms with Crippen molar-refractivity contribution < 1.29 is 18.1 Å². The molecule has 0 unspecified atom stereocenters. The van der Waals surface area contributed by atoms with Crippen molar-refractivity contribution in [3.63, 3.8) is 0 Å². The van der Waals surface area contributed by atoms with E-state index in [1.807, 2.05) is 12.1 Å². The number of nitro groups is 1. The minimum atomic E-state index is -4.21. The minimum absolute atomic E-state index is 0.0275. The molecule has 0 saturated carbocycles. The van der Waals surface area contributed by atoms with Crippen molar-refractivity contribution in [2.45, 2.75) is 31.1 Å². The Balaban J connectivity index is 2.06. The maximum Gasteiger partial charge on any atom is 0.272 e. The second kappa shape index (κ2) is 9.53. The van der Waals surface area contributed by atoms with E-state index in [1.54, 1.807) is 30.3 Å². The third kappa shape index (κ3) is 4.97. The number of hydrogen-bond acceptors (Lipinski definition) is 5. The number of anilines is 1. The number of benzene rings is 3. The SMILES string of the molecule is CCCCc1ccc(N(C(=O)c2ccc([N+](=O)[O-])cc2)S(=O)(=O)c2ccccc2)cc1. The van der Waals surface area contributed by atoms with Gasteiger partial charge in [0.25, 0.3) is 21.6 Å². The fourth-order valence-corrected chi connectivity index (χ4v) is 4.52. The van der Waals surface area contributed by atoms with E-state index in [-0.39, 0.29) is 21.8 Å². The van der Waals surface area contributed by atoms with Gasteiger partial charge in [-0.2, -0.15) is 4.31 Å². The van der Waals surface area contributed by atoms with Crippen LogP contribution in [0.15, 0.2) is 83.8 Å². The fourth-order valence-electron chi connectivity index (χ4n) is 3.08. The van der Waals surface area contributed by atoms with Crippen LogP contribution in [0, 0.1) is 10.1 Å². The molecule has 31 heavy (non-hydrogen) atoms. The first-order chi connectivity index (χ1) is 14.8. The molecule has 0 heterocycles. The van der Waals surface area contributed by atoms with Gasteiger partial charge < -0.3 is 0 Å². The Morgan fingerprint density at radius 2 is 1.55 bits per heavy atom. The standard InChI is InChI=1S/C23H22N2O5S/c1-2-3-7-18-10-14-20(15-11-18)24(31(29,30)22-8-5-4-6-9-22)23(26)19-12-16-21(17-13-19)25(27)28/h4-6,8-17H,2-3,7H2,1H3. The fraction of sp³-hybridized carbons (Fsp3) is 0.174. The highest BCUT2D eigenvalue weighted by molar-refractivity contribution is 7.93. The Kier molecular flexibility index (Phi) is 6.81. The van der Waals surface area contributed by atoms with E-state index in [9.17, 15) is 23.3 Å². The Labute approximate surface area is 181 Å². The first-order valence-corrected chi connectivity index (χ1v) is 11.3. The smallest absolute Gasteiger partial charge is 0.268 e. The monoisotopic (exact) mass is 438 g/mol. The number of non-ortho nitro benzene ring substituents is 1. The highest BCUT2D eigenvalue weighted by Gasteiger charge is 2.32. The maximum absolute atomic E-state index is 13.4. The zero-order valence-corrected chi connectivity index (χ0v) is 17.8. The summed E-state index contributed by atoms with van der Waals surface area (Å²) in [4.78, 5) is 23.6. The van der Waals surface area contributed by atoms with Gasteiger partial charge in [-0.25, -0.2) is 8.42 Å². The average molecular weight is 439 g/mol. The number of carbonyl (C=O) groups is 1. The molecule has 0 fully saturated rings. The molecule has 8 heteroatoms. The van der Waals surface area contributed by atoms with Crippen LogP contribution in [0.1, 0.15) is 35.7 Å². The molecular weight excluding hydrogens is 416 g/mol. The topological polar surface area (TPSA) is 97.6 Å². The van der Waals surface area contributed by atoms with Gasteiger partial charge in [-0.1, -0.05) is 43.7 Å². The van der Waals surface area contributed by atoms with Crippen molar-refractivity contribution in [2.24, 2.45) is 0 Å². The minimum Gasteiger partial charge on any atom is -0.268 e. The summed E-state index contributed by atoms with van der Waals surface area (Å²) in [6, 6.07) is 19.4. The number of aryl methyl sites for hydroxylation is 1. The molecule has 3 aromatic carbocycles. The summed E-state index contributed by atoms with van der Waals surface area (Å²) in [5, 5.41) is 10.9. The molecule has 0 bridgehead atoms. The van der Waals surface area contributed by atoms with Crippen molar-refractivity contribution in [1.29, 1.82) is 0 Å². The van der Waals surface area contributed by atoms with Crippen LogP contribution in [0.2, 0.25) is 0 Å². The zero-order valence-electron chi connectivity index (χ0n) is 17.0. The summed E-state index contributed by atoms with van der Waals surface area (Å²) >= 11 is 0. The highest BCUT2D eigenvalue weighted by atomic mass is 32.2. The molecule has 0 aliphatic rings. The predicted molar refractivity (Wildman–Crippen MR) is 119 cm³/mol. The number of nitro benzene ring substituents is 1. The van der Waals surface area contributed by atoms with Crippen LogP contribution in [-0.2, 0) is 16.4 Å². The Morgan fingerprint density at radius 1 is 0.935 bits per heavy atom. The number of sulfonamides is 1. The predicted octanol–water partition coefficient (Wildman–Crippen LogP) is 4.97. The van der Waals surface area contributed by atoms with E-state index in [1.165, 1.54) is 36.4 Å². The van der Waals surface area contributed by atoms with Crippen molar-refractivity contribution in [3.05, 3.63) is 100 Å². The highest BCUT2D eigenvalue weighted by Crippen LogP contribution is 2.27. The molecule has 3 rings (SSSR count). The van der Waals surface area contributed by atoms with Crippen LogP contribution in [0.25, 0.3) is 0 Å². The largest absolute Gasteiger partial charge is 0.272 e. The number of rotatable bonds is 8. The lowest BCUT2D eigenvalue weighted by Crippen LogP contribution is -2.37. The third-order valence-electron chi connectivity index (χ3n) is 4.78. The van der Waals surface area contributed by atoms with Crippen LogP contribution >= 0.6 is 0 Å². The zero-order chi connectivity index (χ0) is 22.4.